The van der Waals surface area contributed by atoms with Crippen LogP contribution in [0.2, 0.25) is 0 Å². The van der Waals surface area contributed by atoms with Gasteiger partial charge in [-0.15, -0.1) is 0 Å². The third kappa shape index (κ3) is 7.41. The summed E-state index contributed by atoms with van der Waals surface area (Å²) in [6, 6.07) is -1.41. The topological polar surface area (TPSA) is 114 Å². The van der Waals surface area contributed by atoms with Crippen LogP contribution in [0.3, 0.4) is 0 Å². The van der Waals surface area contributed by atoms with E-state index in [-0.39, 0.29) is 11.9 Å². The van der Waals surface area contributed by atoms with Gasteiger partial charge in [-0.2, -0.15) is 0 Å². The second-order valence-corrected chi connectivity index (χ2v) is 7.82. The lowest BCUT2D eigenvalue weighted by Gasteiger charge is -2.23. The van der Waals surface area contributed by atoms with Crippen molar-refractivity contribution in [1.29, 1.82) is 0 Å². The molecule has 0 aromatic heterocycles. The molecule has 0 bridgehead atoms. The van der Waals surface area contributed by atoms with Gasteiger partial charge in [-0.25, -0.2) is 9.59 Å². The van der Waals surface area contributed by atoms with Crippen molar-refractivity contribution in [3.05, 3.63) is 0 Å². The van der Waals surface area contributed by atoms with Crippen LogP contribution in [-0.4, -0.2) is 42.0 Å². The molecule has 0 aliphatic heterocycles. The molecule has 0 heterocycles. The Morgan fingerprint density at radius 2 is 1.58 bits per heavy atom. The van der Waals surface area contributed by atoms with Crippen LogP contribution in [0.5, 0.6) is 0 Å². The zero-order chi connectivity index (χ0) is 19.9. The standard InChI is InChI=1S/C18H31N3O5/c1-11(19-16(24)18(3,4)5)15(23)26-12(2)14(22)21-17(25)20-13-9-7-6-8-10-13/h11-13H,6-10H2,1-5H3,(H,19,24)(H2,20,21,22,25). The number of carbonyl (C=O) groups is 4. The van der Waals surface area contributed by atoms with E-state index in [0.29, 0.717) is 0 Å². The summed E-state index contributed by atoms with van der Waals surface area (Å²) >= 11 is 0. The summed E-state index contributed by atoms with van der Waals surface area (Å²) in [6.45, 7) is 8.02. The van der Waals surface area contributed by atoms with Gasteiger partial charge in [0.1, 0.15) is 6.04 Å². The van der Waals surface area contributed by atoms with Gasteiger partial charge < -0.3 is 15.4 Å². The van der Waals surface area contributed by atoms with Crippen molar-refractivity contribution >= 4 is 23.8 Å². The average molecular weight is 369 g/mol. The quantitative estimate of drug-likeness (QED) is 0.637. The van der Waals surface area contributed by atoms with Gasteiger partial charge in [0.2, 0.25) is 5.91 Å². The number of carbonyl (C=O) groups excluding carboxylic acids is 4. The Bertz CT molecular complexity index is 535. The van der Waals surface area contributed by atoms with Crippen molar-refractivity contribution in [3.8, 4) is 0 Å². The zero-order valence-corrected chi connectivity index (χ0v) is 16.3. The van der Waals surface area contributed by atoms with Gasteiger partial charge in [0.25, 0.3) is 5.91 Å². The second kappa shape index (κ2) is 9.54. The molecular formula is C18H31N3O5. The Morgan fingerprint density at radius 1 is 1.00 bits per heavy atom. The fraction of sp³-hybridized carbons (Fsp3) is 0.778. The maximum atomic E-state index is 12.0. The Morgan fingerprint density at radius 3 is 2.12 bits per heavy atom. The highest BCUT2D eigenvalue weighted by atomic mass is 16.5. The monoisotopic (exact) mass is 369 g/mol. The molecule has 0 radical (unpaired) electrons. The molecule has 1 saturated carbocycles. The average Bonchev–Trinajstić information content (AvgIpc) is 2.54. The van der Waals surface area contributed by atoms with E-state index < -0.39 is 35.5 Å². The van der Waals surface area contributed by atoms with Gasteiger partial charge in [-0.3, -0.25) is 14.9 Å². The number of urea groups is 1. The Labute approximate surface area is 154 Å². The van der Waals surface area contributed by atoms with E-state index in [1.54, 1.807) is 20.8 Å². The van der Waals surface area contributed by atoms with E-state index >= 15 is 0 Å². The van der Waals surface area contributed by atoms with Crippen LogP contribution in [0.4, 0.5) is 4.79 Å². The van der Waals surface area contributed by atoms with Crippen molar-refractivity contribution in [3.63, 3.8) is 0 Å². The van der Waals surface area contributed by atoms with E-state index in [2.05, 4.69) is 16.0 Å². The number of hydrogen-bond donors (Lipinski definition) is 3. The maximum absolute atomic E-state index is 12.0. The molecule has 0 aromatic rings. The number of rotatable bonds is 5. The predicted octanol–water partition coefficient (Wildman–Crippen LogP) is 1.63. The fourth-order valence-electron chi connectivity index (χ4n) is 2.48. The van der Waals surface area contributed by atoms with Crippen molar-refractivity contribution in [1.82, 2.24) is 16.0 Å². The summed E-state index contributed by atoms with van der Waals surface area (Å²) in [5.74, 6) is -1.75. The SMILES string of the molecule is CC(NC(=O)C(C)(C)C)C(=O)OC(C)C(=O)NC(=O)NC1CCCCC1. The molecule has 8 heteroatoms. The third-order valence-corrected chi connectivity index (χ3v) is 4.22. The minimum Gasteiger partial charge on any atom is -0.451 e. The molecule has 148 valence electrons. The van der Waals surface area contributed by atoms with Crippen LogP contribution in [0.1, 0.15) is 66.7 Å². The molecule has 0 saturated heterocycles. The first-order valence-electron chi connectivity index (χ1n) is 9.13. The maximum Gasteiger partial charge on any atom is 0.329 e. The molecule has 1 rings (SSSR count). The number of hydrogen-bond acceptors (Lipinski definition) is 5. The molecule has 3 N–H and O–H groups in total. The smallest absolute Gasteiger partial charge is 0.329 e. The first-order chi connectivity index (χ1) is 12.0. The Balaban J connectivity index is 2.41. The van der Waals surface area contributed by atoms with Crippen molar-refractivity contribution in [2.45, 2.75) is 84.9 Å². The summed E-state index contributed by atoms with van der Waals surface area (Å²) in [7, 11) is 0. The highest BCUT2D eigenvalue weighted by molar-refractivity contribution is 5.97. The van der Waals surface area contributed by atoms with Crippen LogP contribution in [0.15, 0.2) is 0 Å². The lowest BCUT2D eigenvalue weighted by molar-refractivity contribution is -0.157. The number of amides is 4. The number of nitrogens with one attached hydrogen (secondary N) is 3. The molecule has 1 fully saturated rings. The molecule has 0 aromatic carbocycles. The third-order valence-electron chi connectivity index (χ3n) is 4.22. The van der Waals surface area contributed by atoms with Crippen molar-refractivity contribution in [2.24, 2.45) is 5.41 Å². The summed E-state index contributed by atoms with van der Waals surface area (Å²) in [5.41, 5.74) is -0.644. The molecule has 0 spiro atoms. The predicted molar refractivity (Wildman–Crippen MR) is 96.2 cm³/mol. The van der Waals surface area contributed by atoms with Crippen LogP contribution < -0.4 is 16.0 Å². The van der Waals surface area contributed by atoms with Crippen LogP contribution in [-0.2, 0) is 19.1 Å². The molecule has 26 heavy (non-hydrogen) atoms. The van der Waals surface area contributed by atoms with E-state index in [4.69, 9.17) is 4.74 Å². The van der Waals surface area contributed by atoms with Crippen LogP contribution >= 0.6 is 0 Å². The van der Waals surface area contributed by atoms with Gasteiger partial charge in [0, 0.05) is 11.5 Å². The van der Waals surface area contributed by atoms with Crippen molar-refractivity contribution < 1.29 is 23.9 Å². The lowest BCUT2D eigenvalue weighted by Crippen LogP contribution is -2.50. The number of imide groups is 1. The fourth-order valence-corrected chi connectivity index (χ4v) is 2.48. The van der Waals surface area contributed by atoms with Gasteiger partial charge in [0.05, 0.1) is 0 Å². The first kappa shape index (κ1) is 21.9. The largest absolute Gasteiger partial charge is 0.451 e. The first-order valence-corrected chi connectivity index (χ1v) is 9.13. The van der Waals surface area contributed by atoms with Crippen LogP contribution in [0, 0.1) is 5.41 Å². The molecule has 4 amide bonds. The summed E-state index contributed by atoms with van der Waals surface area (Å²) in [5, 5.41) is 7.47. The van der Waals surface area contributed by atoms with Crippen molar-refractivity contribution in [2.75, 3.05) is 0 Å². The van der Waals surface area contributed by atoms with E-state index in [9.17, 15) is 19.2 Å². The molecule has 2 unspecified atom stereocenters. The van der Waals surface area contributed by atoms with Gasteiger partial charge in [-0.05, 0) is 26.7 Å². The number of ether oxygens (including phenoxy) is 1. The second-order valence-electron chi connectivity index (χ2n) is 7.82. The molecule has 1 aliphatic carbocycles. The van der Waals surface area contributed by atoms with E-state index in [1.165, 1.54) is 13.8 Å². The lowest BCUT2D eigenvalue weighted by atomic mass is 9.95. The summed E-state index contributed by atoms with van der Waals surface area (Å²) in [4.78, 5) is 47.7. The normalized spacial score (nSPS) is 17.6. The van der Waals surface area contributed by atoms with Gasteiger partial charge >= 0.3 is 12.0 Å². The Kier molecular flexibility index (Phi) is 8.05. The minimum absolute atomic E-state index is 0.0713. The number of esters is 1. The molecule has 8 nitrogen and oxygen atoms in total. The Hall–Kier alpha value is -2.12. The molecular weight excluding hydrogens is 338 g/mol. The molecule has 2 atom stereocenters. The highest BCUT2D eigenvalue weighted by Crippen LogP contribution is 2.17. The van der Waals surface area contributed by atoms with Gasteiger partial charge in [0.15, 0.2) is 6.10 Å². The molecule has 1 aliphatic rings. The van der Waals surface area contributed by atoms with Gasteiger partial charge in [-0.1, -0.05) is 40.0 Å². The van der Waals surface area contributed by atoms with E-state index in [1.807, 2.05) is 0 Å². The zero-order valence-electron chi connectivity index (χ0n) is 16.3. The summed E-state index contributed by atoms with van der Waals surface area (Å²) < 4.78 is 5.03. The van der Waals surface area contributed by atoms with Crippen LogP contribution in [0.25, 0.3) is 0 Å². The minimum atomic E-state index is -1.14. The van der Waals surface area contributed by atoms with E-state index in [0.717, 1.165) is 32.1 Å². The highest BCUT2D eigenvalue weighted by Gasteiger charge is 2.28. The summed E-state index contributed by atoms with van der Waals surface area (Å²) in [6.07, 6.45) is 3.94.